The molecule has 0 N–H and O–H groups in total. The number of benzene rings is 1. The van der Waals surface area contributed by atoms with Gasteiger partial charge in [0, 0.05) is 12.5 Å². The fourth-order valence-corrected chi connectivity index (χ4v) is 3.09. The number of likely N-dealkylation sites (tertiary alicyclic amines) is 1. The maximum absolute atomic E-state index is 13.0. The summed E-state index contributed by atoms with van der Waals surface area (Å²) in [6, 6.07) is 8.52. The van der Waals surface area contributed by atoms with Crippen molar-refractivity contribution in [2.45, 2.75) is 25.3 Å². The molecule has 0 atom stereocenters. The van der Waals surface area contributed by atoms with E-state index in [0.717, 1.165) is 43.6 Å². The van der Waals surface area contributed by atoms with Crippen molar-refractivity contribution < 1.29 is 13.2 Å². The lowest BCUT2D eigenvalue weighted by Crippen LogP contribution is -2.32. The minimum atomic E-state index is -0.192. The van der Waals surface area contributed by atoms with Crippen LogP contribution in [-0.4, -0.2) is 28.2 Å². The van der Waals surface area contributed by atoms with Crippen molar-refractivity contribution in [3.05, 3.63) is 60.1 Å². The summed E-state index contributed by atoms with van der Waals surface area (Å²) in [4.78, 5) is 2.37. The molecule has 0 amide bonds. The second-order valence-electron chi connectivity index (χ2n) is 6.13. The number of nitrogens with zero attached hydrogens (tertiary/aromatic N) is 3. The second kappa shape index (κ2) is 6.57. The first-order valence-electron chi connectivity index (χ1n) is 8.11. The molecule has 0 saturated carbocycles. The van der Waals surface area contributed by atoms with E-state index in [1.165, 1.54) is 12.1 Å². The van der Waals surface area contributed by atoms with Crippen LogP contribution in [0, 0.1) is 5.82 Å². The highest BCUT2D eigenvalue weighted by Crippen LogP contribution is 2.29. The molecular weight excluding hydrogens is 309 g/mol. The van der Waals surface area contributed by atoms with Gasteiger partial charge in [-0.25, -0.2) is 4.39 Å². The lowest BCUT2D eigenvalue weighted by molar-refractivity contribution is 0.193. The van der Waals surface area contributed by atoms with Crippen LogP contribution in [0.5, 0.6) is 0 Å². The first-order chi connectivity index (χ1) is 11.8. The maximum atomic E-state index is 13.0. The third-order valence-electron chi connectivity index (χ3n) is 4.47. The van der Waals surface area contributed by atoms with Gasteiger partial charge < -0.3 is 8.83 Å². The summed E-state index contributed by atoms with van der Waals surface area (Å²) in [5.74, 6) is 1.31. The van der Waals surface area contributed by atoms with Crippen LogP contribution in [0.25, 0.3) is 11.5 Å². The van der Waals surface area contributed by atoms with Gasteiger partial charge in [0.15, 0.2) is 0 Å². The molecular formula is C18H18FN3O2. The number of aromatic nitrogens is 2. The molecule has 6 heteroatoms. The van der Waals surface area contributed by atoms with Gasteiger partial charge in [-0.2, -0.15) is 0 Å². The Balaban J connectivity index is 1.35. The van der Waals surface area contributed by atoms with Gasteiger partial charge in [0.05, 0.1) is 11.8 Å². The lowest BCUT2D eigenvalue weighted by Gasteiger charge is -2.30. The van der Waals surface area contributed by atoms with Crippen molar-refractivity contribution in [1.29, 1.82) is 0 Å². The van der Waals surface area contributed by atoms with E-state index in [1.54, 1.807) is 12.5 Å². The predicted octanol–water partition coefficient (Wildman–Crippen LogP) is 3.85. The van der Waals surface area contributed by atoms with Crippen LogP contribution in [-0.2, 0) is 6.54 Å². The lowest BCUT2D eigenvalue weighted by atomic mass is 9.96. The van der Waals surface area contributed by atoms with Crippen molar-refractivity contribution >= 4 is 0 Å². The maximum Gasteiger partial charge on any atom is 0.250 e. The van der Waals surface area contributed by atoms with Crippen LogP contribution in [0.4, 0.5) is 4.39 Å². The highest BCUT2D eigenvalue weighted by atomic mass is 19.1. The van der Waals surface area contributed by atoms with E-state index in [2.05, 4.69) is 15.1 Å². The molecule has 1 saturated heterocycles. The zero-order chi connectivity index (χ0) is 16.4. The SMILES string of the molecule is Fc1ccc(CN2CCC(c3nnc(-c4ccoc4)o3)CC2)cc1. The van der Waals surface area contributed by atoms with Gasteiger partial charge in [-0.3, -0.25) is 4.90 Å². The Bertz CT molecular complexity index is 775. The monoisotopic (exact) mass is 327 g/mol. The molecule has 0 bridgehead atoms. The molecule has 0 spiro atoms. The Labute approximate surface area is 139 Å². The molecule has 0 unspecified atom stereocenters. The van der Waals surface area contributed by atoms with Crippen LogP contribution in [0.2, 0.25) is 0 Å². The van der Waals surface area contributed by atoms with Gasteiger partial charge in [-0.15, -0.1) is 10.2 Å². The molecule has 0 aliphatic carbocycles. The topological polar surface area (TPSA) is 55.3 Å². The van der Waals surface area contributed by atoms with E-state index in [0.29, 0.717) is 17.7 Å². The standard InChI is InChI=1S/C18H18FN3O2/c19-16-3-1-13(2-4-16)11-22-8-5-14(6-9-22)17-20-21-18(24-17)15-7-10-23-12-15/h1-4,7,10,12,14H,5-6,8-9,11H2. The van der Waals surface area contributed by atoms with Gasteiger partial charge in [-0.05, 0) is 49.7 Å². The Morgan fingerprint density at radius 1 is 1.08 bits per heavy atom. The number of rotatable bonds is 4. The van der Waals surface area contributed by atoms with E-state index in [-0.39, 0.29) is 5.82 Å². The highest BCUT2D eigenvalue weighted by molar-refractivity contribution is 5.49. The highest BCUT2D eigenvalue weighted by Gasteiger charge is 2.25. The fraction of sp³-hybridized carbons (Fsp3) is 0.333. The predicted molar refractivity (Wildman–Crippen MR) is 85.7 cm³/mol. The number of halogens is 1. The Morgan fingerprint density at radius 3 is 2.58 bits per heavy atom. The second-order valence-corrected chi connectivity index (χ2v) is 6.13. The number of piperidine rings is 1. The molecule has 5 nitrogen and oxygen atoms in total. The van der Waals surface area contributed by atoms with Crippen LogP contribution < -0.4 is 0 Å². The molecule has 2 aromatic heterocycles. The molecule has 3 heterocycles. The van der Waals surface area contributed by atoms with Gasteiger partial charge >= 0.3 is 0 Å². The van der Waals surface area contributed by atoms with Crippen molar-refractivity contribution in [3.63, 3.8) is 0 Å². The normalized spacial score (nSPS) is 16.5. The number of hydrogen-bond donors (Lipinski definition) is 0. The van der Waals surface area contributed by atoms with Gasteiger partial charge in [0.2, 0.25) is 5.89 Å². The molecule has 1 aliphatic rings. The molecule has 0 radical (unpaired) electrons. The molecule has 124 valence electrons. The zero-order valence-electron chi connectivity index (χ0n) is 13.2. The van der Waals surface area contributed by atoms with E-state index in [1.807, 2.05) is 18.2 Å². The van der Waals surface area contributed by atoms with Gasteiger partial charge in [0.1, 0.15) is 12.1 Å². The smallest absolute Gasteiger partial charge is 0.250 e. The summed E-state index contributed by atoms with van der Waals surface area (Å²) in [5.41, 5.74) is 1.94. The molecule has 1 fully saturated rings. The number of furan rings is 1. The summed E-state index contributed by atoms with van der Waals surface area (Å²) >= 11 is 0. The zero-order valence-corrected chi connectivity index (χ0v) is 13.2. The first-order valence-corrected chi connectivity index (χ1v) is 8.11. The van der Waals surface area contributed by atoms with E-state index in [9.17, 15) is 4.39 Å². The molecule has 1 aliphatic heterocycles. The average molecular weight is 327 g/mol. The Hall–Kier alpha value is -2.47. The van der Waals surface area contributed by atoms with Crippen LogP contribution in [0.15, 0.2) is 51.7 Å². The third-order valence-corrected chi connectivity index (χ3v) is 4.47. The van der Waals surface area contributed by atoms with Crippen molar-refractivity contribution in [2.24, 2.45) is 0 Å². The fourth-order valence-electron chi connectivity index (χ4n) is 3.09. The first kappa shape index (κ1) is 15.1. The summed E-state index contributed by atoms with van der Waals surface area (Å²) in [6.45, 7) is 2.77. The third kappa shape index (κ3) is 3.23. The average Bonchev–Trinajstić information content (AvgIpc) is 3.29. The quantitative estimate of drug-likeness (QED) is 0.728. The Morgan fingerprint density at radius 2 is 1.88 bits per heavy atom. The van der Waals surface area contributed by atoms with Crippen LogP contribution in [0.1, 0.15) is 30.2 Å². The van der Waals surface area contributed by atoms with Gasteiger partial charge in [-0.1, -0.05) is 12.1 Å². The summed E-state index contributed by atoms with van der Waals surface area (Å²) in [5, 5.41) is 8.30. The van der Waals surface area contributed by atoms with E-state index < -0.39 is 0 Å². The number of hydrogen-bond acceptors (Lipinski definition) is 5. The minimum absolute atomic E-state index is 0.192. The summed E-state index contributed by atoms with van der Waals surface area (Å²) < 4.78 is 23.8. The van der Waals surface area contributed by atoms with E-state index >= 15 is 0 Å². The van der Waals surface area contributed by atoms with Crippen LogP contribution >= 0.6 is 0 Å². The molecule has 24 heavy (non-hydrogen) atoms. The minimum Gasteiger partial charge on any atom is -0.472 e. The molecule has 1 aromatic carbocycles. The summed E-state index contributed by atoms with van der Waals surface area (Å²) in [7, 11) is 0. The van der Waals surface area contributed by atoms with E-state index in [4.69, 9.17) is 8.83 Å². The van der Waals surface area contributed by atoms with Crippen molar-refractivity contribution in [3.8, 4) is 11.5 Å². The summed E-state index contributed by atoms with van der Waals surface area (Å²) in [6.07, 6.45) is 5.15. The van der Waals surface area contributed by atoms with Gasteiger partial charge in [0.25, 0.3) is 5.89 Å². The largest absolute Gasteiger partial charge is 0.472 e. The Kier molecular flexibility index (Phi) is 4.13. The molecule has 4 rings (SSSR count). The molecule has 3 aromatic rings. The van der Waals surface area contributed by atoms with Crippen LogP contribution in [0.3, 0.4) is 0 Å². The van der Waals surface area contributed by atoms with Crippen molar-refractivity contribution in [2.75, 3.05) is 13.1 Å². The van der Waals surface area contributed by atoms with Crippen molar-refractivity contribution in [1.82, 2.24) is 15.1 Å².